The third-order valence-electron chi connectivity index (χ3n) is 2.49. The van der Waals surface area contributed by atoms with Crippen LogP contribution in [0.15, 0.2) is 42.7 Å². The Hall–Kier alpha value is -1.65. The Balaban J connectivity index is 1.97. The zero-order valence-corrected chi connectivity index (χ0v) is 9.97. The molecule has 0 unspecified atom stereocenters. The highest BCUT2D eigenvalue weighted by atomic mass is 16.5. The molecule has 17 heavy (non-hydrogen) atoms. The van der Waals surface area contributed by atoms with Crippen LogP contribution in [0.3, 0.4) is 0 Å². The van der Waals surface area contributed by atoms with Crippen LogP contribution in [0.1, 0.15) is 5.56 Å². The lowest BCUT2D eigenvalue weighted by Gasteiger charge is -2.06. The number of hydrogen-bond donors (Lipinski definition) is 1. The van der Waals surface area contributed by atoms with E-state index in [1.165, 1.54) is 5.56 Å². The summed E-state index contributed by atoms with van der Waals surface area (Å²) in [6.45, 7) is 2.44. The number of hydrogen-bond acceptors (Lipinski definition) is 3. The van der Waals surface area contributed by atoms with Crippen molar-refractivity contribution >= 4 is 0 Å². The Kier molecular flexibility index (Phi) is 4.30. The lowest BCUT2D eigenvalue weighted by Crippen LogP contribution is -2.18. The Morgan fingerprint density at radius 2 is 2.29 bits per heavy atom. The summed E-state index contributed by atoms with van der Waals surface area (Å²) in [4.78, 5) is 0. The van der Waals surface area contributed by atoms with Gasteiger partial charge in [-0.15, -0.1) is 0 Å². The van der Waals surface area contributed by atoms with E-state index in [9.17, 15) is 0 Å². The van der Waals surface area contributed by atoms with E-state index in [1.54, 1.807) is 13.3 Å². The van der Waals surface area contributed by atoms with Crippen molar-refractivity contribution in [1.82, 2.24) is 15.1 Å². The van der Waals surface area contributed by atoms with E-state index < -0.39 is 0 Å². The summed E-state index contributed by atoms with van der Waals surface area (Å²) in [5, 5.41) is 7.53. The standard InChI is InChI=1S/C13H17N3O/c1-17-9-7-14-11-12-4-2-5-13(10-12)16-8-3-6-15-16/h2-6,8,10,14H,7,9,11H2,1H3. The van der Waals surface area contributed by atoms with Gasteiger partial charge < -0.3 is 10.1 Å². The fourth-order valence-corrected chi connectivity index (χ4v) is 1.64. The maximum absolute atomic E-state index is 4.99. The zero-order valence-electron chi connectivity index (χ0n) is 9.97. The van der Waals surface area contributed by atoms with E-state index >= 15 is 0 Å². The second-order valence-corrected chi connectivity index (χ2v) is 3.79. The maximum Gasteiger partial charge on any atom is 0.0648 e. The first-order valence-electron chi connectivity index (χ1n) is 5.69. The van der Waals surface area contributed by atoms with E-state index in [0.29, 0.717) is 0 Å². The number of nitrogens with zero attached hydrogens (tertiary/aromatic N) is 2. The Morgan fingerprint density at radius 3 is 3.06 bits per heavy atom. The van der Waals surface area contributed by atoms with Crippen LogP contribution < -0.4 is 5.32 Å². The van der Waals surface area contributed by atoms with Gasteiger partial charge in [-0.05, 0) is 23.8 Å². The van der Waals surface area contributed by atoms with E-state index in [2.05, 4.69) is 22.5 Å². The number of nitrogens with one attached hydrogen (secondary N) is 1. The first kappa shape index (κ1) is 11.8. The molecule has 1 heterocycles. The zero-order chi connectivity index (χ0) is 11.9. The van der Waals surface area contributed by atoms with Gasteiger partial charge in [-0.25, -0.2) is 4.68 Å². The van der Waals surface area contributed by atoms with Crippen LogP contribution in [0.4, 0.5) is 0 Å². The molecular weight excluding hydrogens is 214 g/mol. The van der Waals surface area contributed by atoms with Crippen LogP contribution in [0.5, 0.6) is 0 Å². The van der Waals surface area contributed by atoms with Crippen molar-refractivity contribution in [2.75, 3.05) is 20.3 Å². The summed E-state index contributed by atoms with van der Waals surface area (Å²) in [6, 6.07) is 10.2. The van der Waals surface area contributed by atoms with E-state index in [-0.39, 0.29) is 0 Å². The molecule has 0 aliphatic rings. The van der Waals surface area contributed by atoms with Gasteiger partial charge in [0.25, 0.3) is 0 Å². The first-order valence-corrected chi connectivity index (χ1v) is 5.69. The molecule has 0 aliphatic carbocycles. The van der Waals surface area contributed by atoms with Crippen LogP contribution in [-0.4, -0.2) is 30.0 Å². The largest absolute Gasteiger partial charge is 0.383 e. The molecule has 0 amide bonds. The summed E-state index contributed by atoms with van der Waals surface area (Å²) in [7, 11) is 1.71. The smallest absolute Gasteiger partial charge is 0.0648 e. The van der Waals surface area contributed by atoms with Crippen LogP contribution in [0.2, 0.25) is 0 Å². The van der Waals surface area contributed by atoms with Crippen LogP contribution in [0.25, 0.3) is 5.69 Å². The van der Waals surface area contributed by atoms with Crippen LogP contribution >= 0.6 is 0 Å². The van der Waals surface area contributed by atoms with Crippen molar-refractivity contribution in [2.24, 2.45) is 0 Å². The third-order valence-corrected chi connectivity index (χ3v) is 2.49. The average Bonchev–Trinajstić information content (AvgIpc) is 2.89. The van der Waals surface area contributed by atoms with Gasteiger partial charge >= 0.3 is 0 Å². The minimum atomic E-state index is 0.735. The van der Waals surface area contributed by atoms with Gasteiger partial charge in [0.1, 0.15) is 0 Å². The van der Waals surface area contributed by atoms with Gasteiger partial charge in [-0.2, -0.15) is 5.10 Å². The number of ether oxygens (including phenoxy) is 1. The molecule has 2 aromatic rings. The second-order valence-electron chi connectivity index (χ2n) is 3.79. The number of aromatic nitrogens is 2. The molecule has 0 saturated carbocycles. The van der Waals surface area contributed by atoms with Gasteiger partial charge in [0.15, 0.2) is 0 Å². The number of methoxy groups -OCH3 is 1. The van der Waals surface area contributed by atoms with Gasteiger partial charge in [-0.3, -0.25) is 0 Å². The predicted octanol–water partition coefficient (Wildman–Crippen LogP) is 1.61. The molecule has 90 valence electrons. The highest BCUT2D eigenvalue weighted by Gasteiger charge is 1.98. The molecule has 0 aliphatic heterocycles. The maximum atomic E-state index is 4.99. The summed E-state index contributed by atoms with van der Waals surface area (Å²) in [6.07, 6.45) is 3.72. The molecule has 0 bridgehead atoms. The quantitative estimate of drug-likeness (QED) is 0.768. The molecule has 4 nitrogen and oxygen atoms in total. The summed E-state index contributed by atoms with van der Waals surface area (Å²) in [5.41, 5.74) is 2.33. The van der Waals surface area contributed by atoms with Crippen molar-refractivity contribution in [3.8, 4) is 5.69 Å². The Labute approximate surface area is 101 Å². The van der Waals surface area contributed by atoms with Crippen LogP contribution in [0, 0.1) is 0 Å². The molecule has 0 atom stereocenters. The number of rotatable bonds is 6. The van der Waals surface area contributed by atoms with Gasteiger partial charge in [0.2, 0.25) is 0 Å². The van der Waals surface area contributed by atoms with Gasteiger partial charge in [0, 0.05) is 32.6 Å². The van der Waals surface area contributed by atoms with Crippen LogP contribution in [-0.2, 0) is 11.3 Å². The Morgan fingerprint density at radius 1 is 1.35 bits per heavy atom. The molecule has 0 fully saturated rings. The fraction of sp³-hybridized carbons (Fsp3) is 0.308. The minimum absolute atomic E-state index is 0.735. The molecule has 4 heteroatoms. The molecule has 2 rings (SSSR count). The average molecular weight is 231 g/mol. The van der Waals surface area contributed by atoms with Crippen molar-refractivity contribution in [3.63, 3.8) is 0 Å². The highest BCUT2D eigenvalue weighted by molar-refractivity contribution is 5.34. The Bertz CT molecular complexity index is 440. The van der Waals surface area contributed by atoms with Crippen molar-refractivity contribution in [2.45, 2.75) is 6.54 Å². The molecule has 1 aromatic carbocycles. The topological polar surface area (TPSA) is 39.1 Å². The van der Waals surface area contributed by atoms with Crippen molar-refractivity contribution in [3.05, 3.63) is 48.3 Å². The highest BCUT2D eigenvalue weighted by Crippen LogP contribution is 2.09. The number of benzene rings is 1. The lowest BCUT2D eigenvalue weighted by molar-refractivity contribution is 0.199. The third kappa shape index (κ3) is 3.41. The van der Waals surface area contributed by atoms with Crippen molar-refractivity contribution < 1.29 is 4.74 Å². The minimum Gasteiger partial charge on any atom is -0.383 e. The van der Waals surface area contributed by atoms with E-state index in [4.69, 9.17) is 4.74 Å². The lowest BCUT2D eigenvalue weighted by atomic mass is 10.2. The van der Waals surface area contributed by atoms with E-state index in [1.807, 2.05) is 29.1 Å². The van der Waals surface area contributed by atoms with Gasteiger partial charge in [0.05, 0.1) is 12.3 Å². The molecule has 1 aromatic heterocycles. The molecule has 0 radical (unpaired) electrons. The predicted molar refractivity (Wildman–Crippen MR) is 67.1 cm³/mol. The van der Waals surface area contributed by atoms with Crippen molar-refractivity contribution in [1.29, 1.82) is 0 Å². The second kappa shape index (κ2) is 6.18. The normalized spacial score (nSPS) is 10.6. The molecule has 1 N–H and O–H groups in total. The summed E-state index contributed by atoms with van der Waals surface area (Å²) < 4.78 is 6.85. The van der Waals surface area contributed by atoms with Gasteiger partial charge in [-0.1, -0.05) is 12.1 Å². The summed E-state index contributed by atoms with van der Waals surface area (Å²) in [5.74, 6) is 0. The van der Waals surface area contributed by atoms with E-state index in [0.717, 1.165) is 25.4 Å². The summed E-state index contributed by atoms with van der Waals surface area (Å²) >= 11 is 0. The molecule has 0 saturated heterocycles. The SMILES string of the molecule is COCCNCc1cccc(-n2cccn2)c1. The monoisotopic (exact) mass is 231 g/mol. The first-order chi connectivity index (χ1) is 8.40. The fourth-order valence-electron chi connectivity index (χ4n) is 1.64. The molecular formula is C13H17N3O. The molecule has 0 spiro atoms.